The molecule has 12 nitrogen and oxygen atoms in total. The van der Waals surface area contributed by atoms with Gasteiger partial charge in [0.25, 0.3) is 11.5 Å². The Morgan fingerprint density at radius 2 is 1.98 bits per heavy atom. The number of fused-ring (bicyclic) bond motifs is 1. The van der Waals surface area contributed by atoms with Crippen LogP contribution in [-0.2, 0) is 18.4 Å². The Kier molecular flexibility index (Phi) is 7.00. The Bertz CT molecular complexity index is 2050. The molecule has 0 unspecified atom stereocenters. The summed E-state index contributed by atoms with van der Waals surface area (Å²) in [5.41, 5.74) is 3.33. The quantitative estimate of drug-likeness (QED) is 0.265. The Morgan fingerprint density at radius 1 is 1.22 bits per heavy atom. The van der Waals surface area contributed by atoms with Gasteiger partial charge >= 0.3 is 0 Å². The lowest BCUT2D eigenvalue weighted by Crippen LogP contribution is -2.52. The molecule has 2 fully saturated rings. The number of aromatic nitrogens is 4. The van der Waals surface area contributed by atoms with Crippen LogP contribution in [0.3, 0.4) is 0 Å². The van der Waals surface area contributed by atoms with E-state index in [2.05, 4.69) is 15.3 Å². The van der Waals surface area contributed by atoms with E-state index in [9.17, 15) is 23.9 Å². The highest BCUT2D eigenvalue weighted by atomic mass is 35.5. The van der Waals surface area contributed by atoms with E-state index in [4.69, 9.17) is 21.4 Å². The lowest BCUT2D eigenvalue weighted by atomic mass is 10.0. The number of rotatable bonds is 8. The van der Waals surface area contributed by atoms with Crippen LogP contribution in [0.2, 0.25) is 5.02 Å². The van der Waals surface area contributed by atoms with Gasteiger partial charge in [-0.25, -0.2) is 14.4 Å². The maximum atomic E-state index is 15.1. The second-order valence-electron chi connectivity index (χ2n) is 11.1. The number of piperazine rings is 1. The number of pyridine rings is 1. The van der Waals surface area contributed by atoms with Crippen LogP contribution in [-0.4, -0.2) is 73.1 Å². The number of aromatic hydroxyl groups is 1. The summed E-state index contributed by atoms with van der Waals surface area (Å²) in [4.78, 5) is 50.6. The molecule has 4 heterocycles. The maximum absolute atomic E-state index is 15.1. The zero-order valence-electron chi connectivity index (χ0n) is 27.3. The summed E-state index contributed by atoms with van der Waals surface area (Å²) in [6.07, 6.45) is 4.82. The molecule has 1 aromatic carbocycles. The topological polar surface area (TPSA) is 152 Å². The standard InChI is InChI=1S/C30H31ClF2N8O4/c1-15-10-39(11-16-3-4-16)5-6-41(15)22-8-21(20(31)9-35-22)37-23(42)13-40-12-19(24-29(40)36-14-38(2)30(24)45)17-7-18(28(34)44)27(43)26(33)25(17)32/h7-9,12,14-16,43H,3-6,10-11,13H2,1-2H3,(H2,34,44)(H,35,37,42)/t15-/m0/s1/i11D2,16D. The van der Waals surface area contributed by atoms with E-state index in [1.807, 2.05) is 11.8 Å². The molecule has 2 amide bonds. The molecule has 15 heteroatoms. The van der Waals surface area contributed by atoms with Crippen LogP contribution in [0.15, 0.2) is 35.6 Å². The fraction of sp³-hybridized carbons (Fsp3) is 0.367. The molecule has 0 radical (unpaired) electrons. The van der Waals surface area contributed by atoms with Gasteiger partial charge in [0, 0.05) is 66.7 Å². The average Bonchev–Trinajstić information content (AvgIpc) is 3.70. The minimum Gasteiger partial charge on any atom is -0.504 e. The number of hydrogen-bond acceptors (Lipinski definition) is 8. The van der Waals surface area contributed by atoms with Crippen molar-refractivity contribution in [2.75, 3.05) is 36.3 Å². The molecule has 0 spiro atoms. The summed E-state index contributed by atoms with van der Waals surface area (Å²) < 4.78 is 57.5. The third-order valence-electron chi connectivity index (χ3n) is 7.84. The molecule has 1 saturated heterocycles. The van der Waals surface area contributed by atoms with Gasteiger partial charge in [0.15, 0.2) is 11.6 Å². The van der Waals surface area contributed by atoms with Crippen molar-refractivity contribution < 1.29 is 27.6 Å². The van der Waals surface area contributed by atoms with Gasteiger partial charge in [0.05, 0.1) is 34.2 Å². The molecule has 1 atom stereocenters. The van der Waals surface area contributed by atoms with E-state index in [1.54, 1.807) is 11.0 Å². The Hall–Kier alpha value is -4.56. The first-order chi connectivity index (χ1) is 22.5. The van der Waals surface area contributed by atoms with Crippen molar-refractivity contribution in [1.82, 2.24) is 24.0 Å². The van der Waals surface area contributed by atoms with Crippen LogP contribution >= 0.6 is 11.6 Å². The number of nitrogens with zero attached hydrogens (tertiary/aromatic N) is 6. The number of primary amides is 1. The van der Waals surface area contributed by atoms with E-state index in [0.717, 1.165) is 10.6 Å². The van der Waals surface area contributed by atoms with Gasteiger partial charge in [0.1, 0.15) is 18.0 Å². The highest BCUT2D eigenvalue weighted by Gasteiger charge is 2.30. The van der Waals surface area contributed by atoms with Crippen LogP contribution in [0.25, 0.3) is 22.2 Å². The van der Waals surface area contributed by atoms with Gasteiger partial charge in [-0.05, 0) is 31.7 Å². The molecular formula is C30H31ClF2N8O4. The van der Waals surface area contributed by atoms with Crippen molar-refractivity contribution >= 4 is 46.0 Å². The normalized spacial score (nSPS) is 19.2. The largest absolute Gasteiger partial charge is 0.504 e. The minimum atomic E-state index is -1.76. The van der Waals surface area contributed by atoms with Crippen molar-refractivity contribution in [3.8, 4) is 16.9 Å². The van der Waals surface area contributed by atoms with E-state index in [0.29, 0.717) is 38.3 Å². The third kappa shape index (κ3) is 5.82. The van der Waals surface area contributed by atoms with Crippen molar-refractivity contribution in [3.05, 3.63) is 63.4 Å². The molecule has 4 aromatic rings. The molecule has 1 saturated carbocycles. The number of halogens is 3. The van der Waals surface area contributed by atoms with E-state index in [1.165, 1.54) is 30.3 Å². The van der Waals surface area contributed by atoms with E-state index < -0.39 is 64.8 Å². The highest BCUT2D eigenvalue weighted by molar-refractivity contribution is 6.33. The summed E-state index contributed by atoms with van der Waals surface area (Å²) in [7, 11) is 1.39. The molecule has 1 aliphatic heterocycles. The number of anilines is 2. The molecule has 4 N–H and O–H groups in total. The number of hydrogen-bond donors (Lipinski definition) is 3. The Labute approximate surface area is 265 Å². The lowest BCUT2D eigenvalue weighted by molar-refractivity contribution is -0.116. The molecule has 3 aromatic heterocycles. The number of carbonyl (C=O) groups is 2. The first kappa shape index (κ1) is 26.8. The summed E-state index contributed by atoms with van der Waals surface area (Å²) in [5, 5.41) is 12.6. The number of nitrogens with two attached hydrogens (primary N) is 1. The Morgan fingerprint density at radius 3 is 2.67 bits per heavy atom. The van der Waals surface area contributed by atoms with Crippen molar-refractivity contribution in [3.63, 3.8) is 0 Å². The molecular weight excluding hydrogens is 610 g/mol. The fourth-order valence-corrected chi connectivity index (χ4v) is 5.56. The molecule has 6 rings (SSSR count). The van der Waals surface area contributed by atoms with Crippen LogP contribution < -0.4 is 21.5 Å². The zero-order chi connectivity index (χ0) is 34.9. The maximum Gasteiger partial charge on any atom is 0.263 e. The SMILES string of the molecule is [2H]C1(C([2H])([2H])N2CCN(c3cc(NC(=O)Cn4cc(-c5cc(C(N)=O)c(O)c(F)c5F)c5c(=O)n(C)cnc54)c(Cl)cn3)[C@@H](C)C2)CC1. The number of nitrogens with one attached hydrogen (secondary N) is 1. The number of aryl methyl sites for hydroxylation is 1. The predicted octanol–water partition coefficient (Wildman–Crippen LogP) is 3.09. The molecule has 2 aliphatic rings. The van der Waals surface area contributed by atoms with Gasteiger partial charge < -0.3 is 30.2 Å². The summed E-state index contributed by atoms with van der Waals surface area (Å²) in [6, 6.07) is 2.24. The summed E-state index contributed by atoms with van der Waals surface area (Å²) >= 11 is 6.39. The van der Waals surface area contributed by atoms with Crippen LogP contribution in [0, 0.1) is 17.5 Å². The van der Waals surface area contributed by atoms with Gasteiger partial charge in [-0.2, -0.15) is 4.39 Å². The Balaban J connectivity index is 1.27. The van der Waals surface area contributed by atoms with Gasteiger partial charge in [-0.15, -0.1) is 0 Å². The smallest absolute Gasteiger partial charge is 0.263 e. The monoisotopic (exact) mass is 643 g/mol. The second kappa shape index (κ2) is 11.7. The van der Waals surface area contributed by atoms with Gasteiger partial charge in [0.2, 0.25) is 11.7 Å². The summed E-state index contributed by atoms with van der Waals surface area (Å²) in [5.74, 6) is -7.01. The predicted molar refractivity (Wildman–Crippen MR) is 164 cm³/mol. The highest BCUT2D eigenvalue weighted by Crippen LogP contribution is 2.36. The molecule has 1 aliphatic carbocycles. The van der Waals surface area contributed by atoms with Gasteiger partial charge in [-0.3, -0.25) is 19.3 Å². The average molecular weight is 644 g/mol. The van der Waals surface area contributed by atoms with Crippen LogP contribution in [0.1, 0.15) is 34.2 Å². The third-order valence-corrected chi connectivity index (χ3v) is 8.14. The molecule has 45 heavy (non-hydrogen) atoms. The van der Waals surface area contributed by atoms with E-state index >= 15 is 4.39 Å². The second-order valence-corrected chi connectivity index (χ2v) is 11.5. The summed E-state index contributed by atoms with van der Waals surface area (Å²) in [6.45, 7) is 0.862. The number of carbonyl (C=O) groups excluding carboxylic acids is 2. The van der Waals surface area contributed by atoms with Crippen LogP contribution in [0.4, 0.5) is 20.3 Å². The number of benzene rings is 1. The lowest BCUT2D eigenvalue weighted by Gasteiger charge is -2.40. The van der Waals surface area contributed by atoms with Crippen molar-refractivity contribution in [1.29, 1.82) is 0 Å². The van der Waals surface area contributed by atoms with Gasteiger partial charge in [-0.1, -0.05) is 11.6 Å². The minimum absolute atomic E-state index is 0.0366. The fourth-order valence-electron chi connectivity index (χ4n) is 5.41. The van der Waals surface area contributed by atoms with Crippen LogP contribution in [0.5, 0.6) is 5.75 Å². The molecule has 0 bridgehead atoms. The number of phenols is 1. The van der Waals surface area contributed by atoms with E-state index in [-0.39, 0.29) is 33.3 Å². The first-order valence-corrected chi connectivity index (χ1v) is 14.4. The van der Waals surface area contributed by atoms with Crippen molar-refractivity contribution in [2.24, 2.45) is 18.7 Å². The number of amides is 2. The van der Waals surface area contributed by atoms with Crippen molar-refractivity contribution in [2.45, 2.75) is 32.4 Å². The molecule has 236 valence electrons. The zero-order valence-corrected chi connectivity index (χ0v) is 25.0. The first-order valence-electron chi connectivity index (χ1n) is 15.6.